The lowest BCUT2D eigenvalue weighted by Crippen LogP contribution is -2.17. The zero-order valence-electron chi connectivity index (χ0n) is 10.4. The van der Waals surface area contributed by atoms with Gasteiger partial charge in [-0.05, 0) is 38.1 Å². The molecular formula is C12H13F3N2OS. The number of thioether (sulfide) groups is 1. The van der Waals surface area contributed by atoms with Gasteiger partial charge in [-0.1, -0.05) is 11.8 Å². The maximum atomic E-state index is 12.0. The van der Waals surface area contributed by atoms with Crippen LogP contribution < -0.4 is 10.1 Å². The van der Waals surface area contributed by atoms with E-state index in [1.807, 2.05) is 13.8 Å². The third kappa shape index (κ3) is 4.34. The summed E-state index contributed by atoms with van der Waals surface area (Å²) in [6.07, 6.45) is -4.66. The van der Waals surface area contributed by atoms with Crippen LogP contribution in [0.2, 0.25) is 0 Å². The summed E-state index contributed by atoms with van der Waals surface area (Å²) >= 11 is 1.59. The number of hydrogen-bond acceptors (Lipinski definition) is 4. The van der Waals surface area contributed by atoms with E-state index in [1.54, 1.807) is 11.8 Å². The standard InChI is InChI=1S/C12H13F3N2OS/c1-11(2)7-19-10(17-11)16-8-3-5-9(6-4-8)18-12(13,14)15/h3-6H,7H2,1-2H3,(H,16,17). The number of nitrogens with zero attached hydrogens (tertiary/aromatic N) is 1. The number of aliphatic imine (C=N–C) groups is 1. The Morgan fingerprint density at radius 3 is 2.37 bits per heavy atom. The molecule has 1 N–H and O–H groups in total. The van der Waals surface area contributed by atoms with Gasteiger partial charge in [-0.2, -0.15) is 0 Å². The second-order valence-corrected chi connectivity index (χ2v) is 5.68. The Bertz CT molecular complexity index is 483. The lowest BCUT2D eigenvalue weighted by molar-refractivity contribution is -0.274. The maximum Gasteiger partial charge on any atom is 0.573 e. The van der Waals surface area contributed by atoms with Crippen LogP contribution in [0, 0.1) is 0 Å². The first-order valence-corrected chi connectivity index (χ1v) is 6.58. The molecule has 0 radical (unpaired) electrons. The monoisotopic (exact) mass is 290 g/mol. The Kier molecular flexibility index (Phi) is 3.66. The van der Waals surface area contributed by atoms with E-state index >= 15 is 0 Å². The molecule has 0 unspecified atom stereocenters. The van der Waals surface area contributed by atoms with Crippen molar-refractivity contribution in [2.75, 3.05) is 11.1 Å². The number of halogens is 3. The molecule has 0 saturated carbocycles. The quantitative estimate of drug-likeness (QED) is 0.897. The first-order valence-electron chi connectivity index (χ1n) is 5.59. The average molecular weight is 290 g/mol. The van der Waals surface area contributed by atoms with Gasteiger partial charge in [-0.15, -0.1) is 13.2 Å². The number of amidine groups is 1. The van der Waals surface area contributed by atoms with Crippen molar-refractivity contribution in [3.05, 3.63) is 24.3 Å². The van der Waals surface area contributed by atoms with Crippen LogP contribution in [0.25, 0.3) is 0 Å². The topological polar surface area (TPSA) is 33.6 Å². The van der Waals surface area contributed by atoms with Gasteiger partial charge in [0.05, 0.1) is 5.54 Å². The summed E-state index contributed by atoms with van der Waals surface area (Å²) < 4.78 is 39.8. The van der Waals surface area contributed by atoms with E-state index in [0.717, 1.165) is 10.9 Å². The Hall–Kier alpha value is -1.37. The molecule has 0 spiro atoms. The van der Waals surface area contributed by atoms with Crippen LogP contribution in [0.15, 0.2) is 29.3 Å². The minimum Gasteiger partial charge on any atom is -0.406 e. The number of ether oxygens (including phenoxy) is 1. The predicted molar refractivity (Wildman–Crippen MR) is 70.7 cm³/mol. The highest BCUT2D eigenvalue weighted by atomic mass is 32.2. The van der Waals surface area contributed by atoms with Gasteiger partial charge < -0.3 is 10.1 Å². The van der Waals surface area contributed by atoms with Crippen LogP contribution >= 0.6 is 11.8 Å². The van der Waals surface area contributed by atoms with Crippen molar-refractivity contribution in [1.29, 1.82) is 0 Å². The fourth-order valence-electron chi connectivity index (χ4n) is 1.51. The van der Waals surface area contributed by atoms with Crippen molar-refractivity contribution in [3.8, 4) is 5.75 Å². The molecule has 1 aliphatic heterocycles. The highest BCUT2D eigenvalue weighted by Gasteiger charge is 2.31. The zero-order chi connectivity index (χ0) is 14.1. The molecule has 0 amide bonds. The Balaban J connectivity index is 2.00. The first kappa shape index (κ1) is 14.0. The normalized spacial score (nSPS) is 18.1. The number of benzene rings is 1. The van der Waals surface area contributed by atoms with E-state index < -0.39 is 6.36 Å². The zero-order valence-corrected chi connectivity index (χ0v) is 11.2. The van der Waals surface area contributed by atoms with Gasteiger partial charge in [-0.3, -0.25) is 4.99 Å². The largest absolute Gasteiger partial charge is 0.573 e. The minimum atomic E-state index is -4.66. The van der Waals surface area contributed by atoms with Gasteiger partial charge in [0.2, 0.25) is 0 Å². The Morgan fingerprint density at radius 2 is 1.89 bits per heavy atom. The van der Waals surface area contributed by atoms with E-state index in [9.17, 15) is 13.2 Å². The summed E-state index contributed by atoms with van der Waals surface area (Å²) in [5.41, 5.74) is 0.574. The molecule has 1 aromatic rings. The summed E-state index contributed by atoms with van der Waals surface area (Å²) in [4.78, 5) is 4.45. The molecule has 7 heteroatoms. The molecule has 1 aromatic carbocycles. The Labute approximate surface area is 113 Å². The molecule has 19 heavy (non-hydrogen) atoms. The fourth-order valence-corrected chi connectivity index (χ4v) is 2.57. The molecule has 2 rings (SSSR count). The Morgan fingerprint density at radius 1 is 1.26 bits per heavy atom. The van der Waals surface area contributed by atoms with Crippen molar-refractivity contribution in [2.24, 2.45) is 4.99 Å². The molecule has 0 aromatic heterocycles. The summed E-state index contributed by atoms with van der Waals surface area (Å²) in [6.45, 7) is 4.05. The van der Waals surface area contributed by atoms with E-state index in [2.05, 4.69) is 15.0 Å². The first-order chi connectivity index (χ1) is 8.73. The van der Waals surface area contributed by atoms with Gasteiger partial charge in [-0.25, -0.2) is 0 Å². The van der Waals surface area contributed by atoms with Gasteiger partial charge >= 0.3 is 6.36 Å². The fraction of sp³-hybridized carbons (Fsp3) is 0.417. The van der Waals surface area contributed by atoms with Gasteiger partial charge in [0.1, 0.15) is 5.75 Å². The summed E-state index contributed by atoms with van der Waals surface area (Å²) in [5.74, 6) is 0.643. The number of nitrogens with one attached hydrogen (secondary N) is 1. The highest BCUT2D eigenvalue weighted by molar-refractivity contribution is 8.14. The van der Waals surface area contributed by atoms with Crippen LogP contribution in [0.4, 0.5) is 18.9 Å². The summed E-state index contributed by atoms with van der Waals surface area (Å²) in [5, 5.41) is 3.84. The SMILES string of the molecule is CC1(C)CSC(Nc2ccc(OC(F)(F)F)cc2)=N1. The lowest BCUT2D eigenvalue weighted by atomic mass is 10.1. The number of rotatable bonds is 2. The van der Waals surface area contributed by atoms with Crippen molar-refractivity contribution in [3.63, 3.8) is 0 Å². The molecule has 3 nitrogen and oxygen atoms in total. The van der Waals surface area contributed by atoms with Crippen molar-refractivity contribution in [2.45, 2.75) is 25.7 Å². The smallest absolute Gasteiger partial charge is 0.406 e. The van der Waals surface area contributed by atoms with Gasteiger partial charge in [0.15, 0.2) is 5.17 Å². The van der Waals surface area contributed by atoms with Crippen LogP contribution in [-0.2, 0) is 0 Å². The van der Waals surface area contributed by atoms with E-state index in [4.69, 9.17) is 0 Å². The molecule has 1 aliphatic rings. The molecule has 0 aliphatic carbocycles. The maximum absolute atomic E-state index is 12.0. The summed E-state index contributed by atoms with van der Waals surface area (Å²) in [6, 6.07) is 5.58. The van der Waals surface area contributed by atoms with Gasteiger partial charge in [0, 0.05) is 11.4 Å². The number of anilines is 1. The van der Waals surface area contributed by atoms with Crippen LogP contribution in [-0.4, -0.2) is 22.8 Å². The van der Waals surface area contributed by atoms with E-state index in [0.29, 0.717) is 5.69 Å². The molecule has 0 fully saturated rings. The van der Waals surface area contributed by atoms with Crippen LogP contribution in [0.5, 0.6) is 5.75 Å². The third-order valence-corrected chi connectivity index (χ3v) is 3.62. The van der Waals surface area contributed by atoms with Crippen LogP contribution in [0.3, 0.4) is 0 Å². The van der Waals surface area contributed by atoms with Crippen molar-refractivity contribution < 1.29 is 17.9 Å². The van der Waals surface area contributed by atoms with E-state index in [-0.39, 0.29) is 11.3 Å². The lowest BCUT2D eigenvalue weighted by Gasteiger charge is -2.10. The molecule has 0 bridgehead atoms. The second-order valence-electron chi connectivity index (χ2n) is 4.72. The molecular weight excluding hydrogens is 277 g/mol. The van der Waals surface area contributed by atoms with Crippen molar-refractivity contribution >= 4 is 22.6 Å². The number of hydrogen-bond donors (Lipinski definition) is 1. The number of alkyl halides is 3. The van der Waals surface area contributed by atoms with Crippen molar-refractivity contribution in [1.82, 2.24) is 0 Å². The summed E-state index contributed by atoms with van der Waals surface area (Å²) in [7, 11) is 0. The second kappa shape index (κ2) is 4.96. The third-order valence-electron chi connectivity index (χ3n) is 2.31. The minimum absolute atomic E-state index is 0.105. The molecule has 0 atom stereocenters. The molecule has 1 heterocycles. The van der Waals surface area contributed by atoms with E-state index in [1.165, 1.54) is 24.3 Å². The molecule has 0 saturated heterocycles. The van der Waals surface area contributed by atoms with Crippen LogP contribution in [0.1, 0.15) is 13.8 Å². The predicted octanol–water partition coefficient (Wildman–Crippen LogP) is 3.88. The molecule has 104 valence electrons. The highest BCUT2D eigenvalue weighted by Crippen LogP contribution is 2.29. The van der Waals surface area contributed by atoms with Gasteiger partial charge in [0.25, 0.3) is 0 Å². The average Bonchev–Trinajstić information content (AvgIpc) is 2.59.